The first-order chi connectivity index (χ1) is 8.15. The number of aryl methyl sites for hydroxylation is 1. The van der Waals surface area contributed by atoms with Crippen molar-refractivity contribution in [2.24, 2.45) is 0 Å². The molecule has 3 nitrogen and oxygen atoms in total. The Morgan fingerprint density at radius 3 is 2.71 bits per heavy atom. The van der Waals surface area contributed by atoms with Crippen LogP contribution in [0.3, 0.4) is 0 Å². The molecule has 2 aromatic rings. The van der Waals surface area contributed by atoms with Crippen LogP contribution < -0.4 is 10.5 Å². The van der Waals surface area contributed by atoms with Crippen LogP contribution in [0.1, 0.15) is 11.1 Å². The molecule has 3 N–H and O–H groups in total. The molecule has 17 heavy (non-hydrogen) atoms. The third kappa shape index (κ3) is 2.91. The molecule has 2 rings (SSSR count). The van der Waals surface area contributed by atoms with E-state index in [2.05, 4.69) is 0 Å². The molecule has 2 aromatic carbocycles. The van der Waals surface area contributed by atoms with Gasteiger partial charge in [0.2, 0.25) is 0 Å². The van der Waals surface area contributed by atoms with Crippen molar-refractivity contribution in [1.29, 1.82) is 0 Å². The number of hydrogen-bond donors (Lipinski definition) is 2. The summed E-state index contributed by atoms with van der Waals surface area (Å²) in [5.41, 5.74) is 8.66. The summed E-state index contributed by atoms with van der Waals surface area (Å²) < 4.78 is 5.55. The van der Waals surface area contributed by atoms with Gasteiger partial charge in [0.25, 0.3) is 0 Å². The van der Waals surface area contributed by atoms with E-state index in [1.54, 1.807) is 24.3 Å². The first kappa shape index (κ1) is 11.3. The van der Waals surface area contributed by atoms with Crippen LogP contribution in [0.25, 0.3) is 0 Å². The standard InChI is InChI=1S/C14H15NO2/c1-10-5-6-11(7-14(10)15)9-17-13-4-2-3-12(16)8-13/h2-8,16H,9,15H2,1H3. The van der Waals surface area contributed by atoms with Crippen molar-refractivity contribution in [1.82, 2.24) is 0 Å². The summed E-state index contributed by atoms with van der Waals surface area (Å²) in [5, 5.41) is 9.29. The average molecular weight is 229 g/mol. The van der Waals surface area contributed by atoms with Crippen LogP contribution >= 0.6 is 0 Å². The van der Waals surface area contributed by atoms with E-state index < -0.39 is 0 Å². The fourth-order valence-electron chi connectivity index (χ4n) is 1.52. The second kappa shape index (κ2) is 4.78. The number of benzene rings is 2. The van der Waals surface area contributed by atoms with Gasteiger partial charge in [0.05, 0.1) is 0 Å². The lowest BCUT2D eigenvalue weighted by Crippen LogP contribution is -1.97. The van der Waals surface area contributed by atoms with Gasteiger partial charge in [-0.05, 0) is 36.2 Å². The molecule has 0 amide bonds. The molecule has 0 saturated heterocycles. The van der Waals surface area contributed by atoms with Crippen molar-refractivity contribution in [2.75, 3.05) is 5.73 Å². The Morgan fingerprint density at radius 2 is 2.00 bits per heavy atom. The molecule has 0 aliphatic rings. The highest BCUT2D eigenvalue weighted by Crippen LogP contribution is 2.20. The van der Waals surface area contributed by atoms with Gasteiger partial charge in [0, 0.05) is 11.8 Å². The van der Waals surface area contributed by atoms with Crippen molar-refractivity contribution >= 4 is 5.69 Å². The van der Waals surface area contributed by atoms with Gasteiger partial charge in [-0.25, -0.2) is 0 Å². The molecule has 0 aliphatic heterocycles. The van der Waals surface area contributed by atoms with Gasteiger partial charge in [-0.1, -0.05) is 18.2 Å². The Morgan fingerprint density at radius 1 is 1.18 bits per heavy atom. The summed E-state index contributed by atoms with van der Waals surface area (Å²) in [6, 6.07) is 12.6. The van der Waals surface area contributed by atoms with E-state index in [-0.39, 0.29) is 5.75 Å². The zero-order valence-corrected chi connectivity index (χ0v) is 9.68. The van der Waals surface area contributed by atoms with Gasteiger partial charge >= 0.3 is 0 Å². The normalized spacial score (nSPS) is 10.2. The van der Waals surface area contributed by atoms with E-state index >= 15 is 0 Å². The third-order valence-electron chi connectivity index (χ3n) is 2.57. The van der Waals surface area contributed by atoms with Crippen LogP contribution in [-0.2, 0) is 6.61 Å². The minimum absolute atomic E-state index is 0.200. The zero-order chi connectivity index (χ0) is 12.3. The number of phenolic OH excluding ortho intramolecular Hbond substituents is 1. The fraction of sp³-hybridized carbons (Fsp3) is 0.143. The molecule has 88 valence electrons. The SMILES string of the molecule is Cc1ccc(COc2cccc(O)c2)cc1N. The Balaban J connectivity index is 2.05. The summed E-state index contributed by atoms with van der Waals surface area (Å²) in [6.45, 7) is 2.41. The summed E-state index contributed by atoms with van der Waals surface area (Å²) in [7, 11) is 0. The highest BCUT2D eigenvalue weighted by atomic mass is 16.5. The smallest absolute Gasteiger partial charge is 0.123 e. The number of hydrogen-bond acceptors (Lipinski definition) is 3. The lowest BCUT2D eigenvalue weighted by molar-refractivity contribution is 0.304. The van der Waals surface area contributed by atoms with Crippen molar-refractivity contribution in [2.45, 2.75) is 13.5 Å². The first-order valence-electron chi connectivity index (χ1n) is 5.42. The highest BCUT2D eigenvalue weighted by molar-refractivity contribution is 5.48. The number of anilines is 1. The Hall–Kier alpha value is -2.16. The Bertz CT molecular complexity index is 523. The highest BCUT2D eigenvalue weighted by Gasteiger charge is 1.99. The first-order valence-corrected chi connectivity index (χ1v) is 5.42. The van der Waals surface area contributed by atoms with E-state index in [1.807, 2.05) is 25.1 Å². The second-order valence-electron chi connectivity index (χ2n) is 3.98. The predicted molar refractivity (Wildman–Crippen MR) is 68.0 cm³/mol. The maximum Gasteiger partial charge on any atom is 0.123 e. The number of nitrogens with two attached hydrogens (primary N) is 1. The quantitative estimate of drug-likeness (QED) is 0.796. The van der Waals surface area contributed by atoms with Crippen molar-refractivity contribution in [3.63, 3.8) is 0 Å². The van der Waals surface area contributed by atoms with E-state index in [9.17, 15) is 5.11 Å². The minimum atomic E-state index is 0.200. The summed E-state index contributed by atoms with van der Waals surface area (Å²) in [4.78, 5) is 0. The number of aromatic hydroxyl groups is 1. The molecule has 0 bridgehead atoms. The molecule has 0 saturated carbocycles. The van der Waals surface area contributed by atoms with Crippen LogP contribution in [-0.4, -0.2) is 5.11 Å². The second-order valence-corrected chi connectivity index (χ2v) is 3.98. The third-order valence-corrected chi connectivity index (χ3v) is 2.57. The van der Waals surface area contributed by atoms with Crippen LogP contribution in [0.15, 0.2) is 42.5 Å². The monoisotopic (exact) mass is 229 g/mol. The molecule has 0 aliphatic carbocycles. The average Bonchev–Trinajstić information content (AvgIpc) is 2.31. The van der Waals surface area contributed by atoms with Crippen LogP contribution in [0, 0.1) is 6.92 Å². The van der Waals surface area contributed by atoms with Gasteiger partial charge in [-0.2, -0.15) is 0 Å². The molecule has 0 spiro atoms. The van der Waals surface area contributed by atoms with Crippen LogP contribution in [0.4, 0.5) is 5.69 Å². The molecular formula is C14H15NO2. The van der Waals surface area contributed by atoms with Crippen molar-refractivity contribution < 1.29 is 9.84 Å². The van der Waals surface area contributed by atoms with Gasteiger partial charge in [0.15, 0.2) is 0 Å². The minimum Gasteiger partial charge on any atom is -0.508 e. The number of nitrogen functional groups attached to an aromatic ring is 1. The molecule has 0 atom stereocenters. The molecule has 0 unspecified atom stereocenters. The summed E-state index contributed by atoms with van der Waals surface area (Å²) >= 11 is 0. The molecule has 0 fully saturated rings. The lowest BCUT2D eigenvalue weighted by Gasteiger charge is -2.08. The number of phenols is 1. The largest absolute Gasteiger partial charge is 0.508 e. The maximum atomic E-state index is 9.29. The van der Waals surface area contributed by atoms with Crippen molar-refractivity contribution in [3.05, 3.63) is 53.6 Å². The molecular weight excluding hydrogens is 214 g/mol. The van der Waals surface area contributed by atoms with E-state index in [4.69, 9.17) is 10.5 Å². The predicted octanol–water partition coefficient (Wildman–Crippen LogP) is 2.86. The van der Waals surface area contributed by atoms with Crippen LogP contribution in [0.2, 0.25) is 0 Å². The van der Waals surface area contributed by atoms with Gasteiger partial charge in [-0.3, -0.25) is 0 Å². The molecule has 0 heterocycles. The van der Waals surface area contributed by atoms with Crippen molar-refractivity contribution in [3.8, 4) is 11.5 Å². The Kier molecular flexibility index (Phi) is 3.19. The Labute approximate surface area is 100 Å². The molecule has 0 aromatic heterocycles. The summed E-state index contributed by atoms with van der Waals surface area (Å²) in [5.74, 6) is 0.843. The maximum absolute atomic E-state index is 9.29. The summed E-state index contributed by atoms with van der Waals surface area (Å²) in [6.07, 6.45) is 0. The topological polar surface area (TPSA) is 55.5 Å². The fourth-order valence-corrected chi connectivity index (χ4v) is 1.52. The number of ether oxygens (including phenoxy) is 1. The van der Waals surface area contributed by atoms with E-state index in [0.717, 1.165) is 16.8 Å². The van der Waals surface area contributed by atoms with Gasteiger partial charge in [-0.15, -0.1) is 0 Å². The zero-order valence-electron chi connectivity index (χ0n) is 9.68. The van der Waals surface area contributed by atoms with E-state index in [0.29, 0.717) is 12.4 Å². The van der Waals surface area contributed by atoms with E-state index in [1.165, 1.54) is 0 Å². The molecule has 0 radical (unpaired) electrons. The lowest BCUT2D eigenvalue weighted by atomic mass is 10.1. The number of rotatable bonds is 3. The van der Waals surface area contributed by atoms with Crippen LogP contribution in [0.5, 0.6) is 11.5 Å². The van der Waals surface area contributed by atoms with Gasteiger partial charge < -0.3 is 15.6 Å². The van der Waals surface area contributed by atoms with Gasteiger partial charge in [0.1, 0.15) is 18.1 Å². The molecule has 3 heteroatoms.